The molecule has 4 N–H and O–H groups in total. The van der Waals surface area contributed by atoms with E-state index in [1.165, 1.54) is 5.56 Å². The second-order valence-electron chi connectivity index (χ2n) is 5.69. The molecule has 0 radical (unpaired) electrons. The first-order valence-electron chi connectivity index (χ1n) is 7.82. The Hall–Kier alpha value is -1.92. The van der Waals surface area contributed by atoms with Gasteiger partial charge in [-0.2, -0.15) is 0 Å². The summed E-state index contributed by atoms with van der Waals surface area (Å²) in [5.74, 6) is -2.15. The van der Waals surface area contributed by atoms with Crippen LogP contribution in [0.4, 0.5) is 0 Å². The van der Waals surface area contributed by atoms with Crippen molar-refractivity contribution in [2.45, 2.75) is 57.2 Å². The molecule has 128 valence electrons. The topological polar surface area (TPSA) is 107 Å². The van der Waals surface area contributed by atoms with Crippen LogP contribution >= 0.6 is 0 Å². The second kappa shape index (κ2) is 9.97. The third-order valence-corrected chi connectivity index (χ3v) is 3.80. The van der Waals surface area contributed by atoms with Gasteiger partial charge in [0.25, 0.3) is 0 Å². The summed E-state index contributed by atoms with van der Waals surface area (Å²) in [5, 5.41) is 29.0. The summed E-state index contributed by atoms with van der Waals surface area (Å²) in [5.41, 5.74) is 1.29. The Morgan fingerprint density at radius 2 is 1.70 bits per heavy atom. The molecule has 23 heavy (non-hydrogen) atoms. The largest absolute Gasteiger partial charge is 0.481 e. The van der Waals surface area contributed by atoms with Gasteiger partial charge in [0.1, 0.15) is 0 Å². The maximum Gasteiger partial charge on any atom is 0.303 e. The summed E-state index contributed by atoms with van der Waals surface area (Å²) in [6.45, 7) is 2.15. The first kappa shape index (κ1) is 19.1. The summed E-state index contributed by atoms with van der Waals surface area (Å²) < 4.78 is 0. The van der Waals surface area contributed by atoms with Gasteiger partial charge in [-0.3, -0.25) is 9.59 Å². The number of aliphatic carboxylic acids is 2. The molecule has 6 heteroatoms. The molecule has 1 aliphatic carbocycles. The fourth-order valence-electron chi connectivity index (χ4n) is 2.51. The lowest BCUT2D eigenvalue weighted by Crippen LogP contribution is -2.37. The lowest BCUT2D eigenvalue weighted by Gasteiger charge is -2.22. The molecule has 1 aromatic rings. The molecule has 1 fully saturated rings. The van der Waals surface area contributed by atoms with Gasteiger partial charge in [-0.1, -0.05) is 30.3 Å². The quantitative estimate of drug-likeness (QED) is 0.639. The number of rotatable bonds is 6. The average molecular weight is 323 g/mol. The van der Waals surface area contributed by atoms with Gasteiger partial charge in [0.2, 0.25) is 0 Å². The summed E-state index contributed by atoms with van der Waals surface area (Å²) in [6, 6.07) is 11.0. The molecular formula is C17H25NO5. The number of hydrogen-bond acceptors (Lipinski definition) is 4. The van der Waals surface area contributed by atoms with Gasteiger partial charge < -0.3 is 20.6 Å². The van der Waals surface area contributed by atoms with Gasteiger partial charge >= 0.3 is 11.9 Å². The highest BCUT2D eigenvalue weighted by Crippen LogP contribution is 2.22. The van der Waals surface area contributed by atoms with Crippen LogP contribution in [-0.4, -0.2) is 39.4 Å². The number of carbonyl (C=O) groups is 2. The zero-order chi connectivity index (χ0) is 17.2. The average Bonchev–Trinajstić information content (AvgIpc) is 2.92. The van der Waals surface area contributed by atoms with E-state index in [9.17, 15) is 14.7 Å². The van der Waals surface area contributed by atoms with E-state index >= 15 is 0 Å². The van der Waals surface area contributed by atoms with Gasteiger partial charge in [0.15, 0.2) is 0 Å². The van der Waals surface area contributed by atoms with Crippen molar-refractivity contribution < 1.29 is 24.9 Å². The lowest BCUT2D eigenvalue weighted by molar-refractivity contribution is -0.143. The third-order valence-electron chi connectivity index (χ3n) is 3.80. The van der Waals surface area contributed by atoms with Crippen LogP contribution in [0.5, 0.6) is 0 Å². The Bertz CT molecular complexity index is 477. The maximum absolute atomic E-state index is 9.72. The highest BCUT2D eigenvalue weighted by molar-refractivity contribution is 5.75. The maximum atomic E-state index is 9.72. The zero-order valence-electron chi connectivity index (χ0n) is 13.3. The Morgan fingerprint density at radius 1 is 1.13 bits per heavy atom. The first-order chi connectivity index (χ1) is 10.9. The van der Waals surface area contributed by atoms with Crippen LogP contribution < -0.4 is 5.32 Å². The third kappa shape index (κ3) is 7.76. The minimum absolute atomic E-state index is 0.156. The van der Waals surface area contributed by atoms with Crippen LogP contribution in [0.25, 0.3) is 0 Å². The highest BCUT2D eigenvalue weighted by atomic mass is 16.4. The molecule has 0 aromatic heterocycles. The molecule has 6 nitrogen and oxygen atoms in total. The zero-order valence-corrected chi connectivity index (χ0v) is 13.3. The normalized spacial score (nSPS) is 21.1. The number of hydrogen-bond donors (Lipinski definition) is 4. The first-order valence-corrected chi connectivity index (χ1v) is 7.82. The number of nitrogens with one attached hydrogen (secondary N) is 1. The molecule has 1 saturated carbocycles. The second-order valence-corrected chi connectivity index (χ2v) is 5.69. The fraction of sp³-hybridized carbons (Fsp3) is 0.529. The number of carboxylic acids is 2. The molecule has 1 aromatic carbocycles. The number of aliphatic hydroxyl groups excluding tert-OH is 1. The van der Waals surface area contributed by atoms with Gasteiger partial charge in [-0.15, -0.1) is 0 Å². The van der Waals surface area contributed by atoms with Gasteiger partial charge in [-0.05, 0) is 31.7 Å². The van der Waals surface area contributed by atoms with Crippen molar-refractivity contribution in [3.8, 4) is 0 Å². The predicted molar refractivity (Wildman–Crippen MR) is 86.1 cm³/mol. The highest BCUT2D eigenvalue weighted by Gasteiger charge is 2.26. The molecule has 0 aliphatic heterocycles. The number of carboxylic acid groups (broad SMARTS) is 2. The van der Waals surface area contributed by atoms with Crippen molar-refractivity contribution in [1.29, 1.82) is 0 Å². The van der Waals surface area contributed by atoms with E-state index in [-0.39, 0.29) is 25.0 Å². The number of aliphatic hydroxyl groups is 1. The number of benzene rings is 1. The summed E-state index contributed by atoms with van der Waals surface area (Å²) in [6.07, 6.45) is 2.43. The van der Waals surface area contributed by atoms with E-state index in [2.05, 4.69) is 36.5 Å². The minimum Gasteiger partial charge on any atom is -0.481 e. The van der Waals surface area contributed by atoms with Gasteiger partial charge in [0, 0.05) is 12.1 Å². The molecule has 0 spiro atoms. The Labute approximate surface area is 136 Å². The van der Waals surface area contributed by atoms with Crippen LogP contribution in [0, 0.1) is 0 Å². The van der Waals surface area contributed by atoms with Gasteiger partial charge in [-0.25, -0.2) is 0 Å². The smallest absolute Gasteiger partial charge is 0.303 e. The van der Waals surface area contributed by atoms with Crippen LogP contribution in [0.1, 0.15) is 50.6 Å². The molecule has 0 heterocycles. The molecule has 0 saturated heterocycles. The van der Waals surface area contributed by atoms with E-state index in [4.69, 9.17) is 10.2 Å². The van der Waals surface area contributed by atoms with E-state index in [0.29, 0.717) is 6.04 Å². The fourth-order valence-corrected chi connectivity index (χ4v) is 2.51. The van der Waals surface area contributed by atoms with E-state index in [1.54, 1.807) is 0 Å². The van der Waals surface area contributed by atoms with Crippen LogP contribution in [0.3, 0.4) is 0 Å². The molecule has 3 atom stereocenters. The molecule has 0 unspecified atom stereocenters. The van der Waals surface area contributed by atoms with Crippen molar-refractivity contribution in [2.75, 3.05) is 0 Å². The van der Waals surface area contributed by atoms with Crippen molar-refractivity contribution in [1.82, 2.24) is 5.32 Å². The van der Waals surface area contributed by atoms with Crippen LogP contribution in [0.15, 0.2) is 30.3 Å². The molecule has 2 rings (SSSR count). The van der Waals surface area contributed by atoms with Crippen LogP contribution in [0.2, 0.25) is 0 Å². The van der Waals surface area contributed by atoms with Crippen molar-refractivity contribution >= 4 is 11.9 Å². The van der Waals surface area contributed by atoms with E-state index in [1.807, 2.05) is 6.07 Å². The molecule has 1 aliphatic rings. The minimum atomic E-state index is -1.08. The molecule has 0 bridgehead atoms. The Kier molecular flexibility index (Phi) is 8.29. The van der Waals surface area contributed by atoms with E-state index in [0.717, 1.165) is 19.3 Å². The standard InChI is InChI=1S/C13H19NO.C4H6O4/c1-10(11-6-3-2-4-7-11)14-12-8-5-9-13(12)15;5-3(6)1-2-4(7)8/h2-4,6-7,10,12-15H,5,8-9H2,1H3;1-2H2,(H,5,6)(H,7,8)/t10-,12+,13+;/m0./s1. The van der Waals surface area contributed by atoms with Crippen molar-refractivity contribution in [3.63, 3.8) is 0 Å². The summed E-state index contributed by atoms with van der Waals surface area (Å²) in [4.78, 5) is 19.3. The predicted octanol–water partition coefficient (Wildman–Crippen LogP) is 2.19. The molecular weight excluding hydrogens is 298 g/mol. The van der Waals surface area contributed by atoms with Gasteiger partial charge in [0.05, 0.1) is 18.9 Å². The summed E-state index contributed by atoms with van der Waals surface area (Å²) >= 11 is 0. The molecule has 0 amide bonds. The SMILES string of the molecule is C[C@H](N[C@@H]1CCC[C@H]1O)c1ccccc1.O=C(O)CCC(=O)O. The van der Waals surface area contributed by atoms with Crippen LogP contribution in [-0.2, 0) is 9.59 Å². The van der Waals surface area contributed by atoms with E-state index < -0.39 is 11.9 Å². The summed E-state index contributed by atoms with van der Waals surface area (Å²) in [7, 11) is 0. The lowest BCUT2D eigenvalue weighted by atomic mass is 10.1. The van der Waals surface area contributed by atoms with Crippen molar-refractivity contribution in [3.05, 3.63) is 35.9 Å². The van der Waals surface area contributed by atoms with Crippen molar-refractivity contribution in [2.24, 2.45) is 0 Å². The Morgan fingerprint density at radius 3 is 2.13 bits per heavy atom. The Balaban J connectivity index is 0.000000284. The monoisotopic (exact) mass is 323 g/mol.